The Kier molecular flexibility index (Phi) is 3.69. The van der Waals surface area contributed by atoms with Gasteiger partial charge in [-0.3, -0.25) is 4.79 Å². The van der Waals surface area contributed by atoms with E-state index < -0.39 is 0 Å². The van der Waals surface area contributed by atoms with E-state index in [0.717, 1.165) is 11.1 Å². The first-order valence-electron chi connectivity index (χ1n) is 5.18. The summed E-state index contributed by atoms with van der Waals surface area (Å²) in [5.41, 5.74) is 2.00. The fourth-order valence-electron chi connectivity index (χ4n) is 1.60. The molecule has 0 saturated heterocycles. The van der Waals surface area contributed by atoms with Gasteiger partial charge < -0.3 is 4.57 Å². The Morgan fingerprint density at radius 1 is 1.35 bits per heavy atom. The quantitative estimate of drug-likeness (QED) is 0.830. The summed E-state index contributed by atoms with van der Waals surface area (Å²) in [4.78, 5) is 11.8. The lowest BCUT2D eigenvalue weighted by Gasteiger charge is -2.08. The van der Waals surface area contributed by atoms with Crippen molar-refractivity contribution in [1.82, 2.24) is 4.57 Å². The van der Waals surface area contributed by atoms with Crippen molar-refractivity contribution >= 4 is 27.5 Å². The molecule has 0 N–H and O–H groups in total. The van der Waals surface area contributed by atoms with Crippen LogP contribution in [0.1, 0.15) is 11.1 Å². The van der Waals surface area contributed by atoms with Gasteiger partial charge in [0, 0.05) is 11.2 Å². The molecule has 0 aliphatic heterocycles. The van der Waals surface area contributed by atoms with Crippen molar-refractivity contribution in [3.05, 3.63) is 67.5 Å². The molecular formula is C13H11BrClNO. The topological polar surface area (TPSA) is 22.0 Å². The third kappa shape index (κ3) is 2.79. The molecule has 0 unspecified atom stereocenters. The Morgan fingerprint density at radius 2 is 2.12 bits per heavy atom. The maximum absolute atomic E-state index is 11.8. The predicted octanol–water partition coefficient (Wildman–Crippen LogP) is 3.62. The lowest BCUT2D eigenvalue weighted by atomic mass is 10.1. The normalized spacial score (nSPS) is 10.5. The molecule has 2 aromatic rings. The van der Waals surface area contributed by atoms with Crippen LogP contribution in [0.15, 0.2) is 45.8 Å². The number of rotatable bonds is 2. The van der Waals surface area contributed by atoms with Gasteiger partial charge in [0.2, 0.25) is 0 Å². The van der Waals surface area contributed by atoms with Crippen LogP contribution >= 0.6 is 27.5 Å². The van der Waals surface area contributed by atoms with Crippen LogP contribution in [0.25, 0.3) is 0 Å². The van der Waals surface area contributed by atoms with Crippen molar-refractivity contribution in [3.8, 4) is 0 Å². The molecule has 0 spiro atoms. The summed E-state index contributed by atoms with van der Waals surface area (Å²) < 4.78 is 2.18. The molecule has 0 bridgehead atoms. The molecule has 17 heavy (non-hydrogen) atoms. The molecular weight excluding hydrogens is 302 g/mol. The van der Waals surface area contributed by atoms with Crippen molar-refractivity contribution in [2.45, 2.75) is 13.5 Å². The van der Waals surface area contributed by atoms with Crippen molar-refractivity contribution in [2.24, 2.45) is 0 Å². The molecule has 4 heteroatoms. The second kappa shape index (κ2) is 5.07. The van der Waals surface area contributed by atoms with Gasteiger partial charge in [-0.1, -0.05) is 23.7 Å². The zero-order chi connectivity index (χ0) is 12.4. The van der Waals surface area contributed by atoms with Gasteiger partial charge in [0.1, 0.15) is 0 Å². The minimum atomic E-state index is -0.0517. The fraction of sp³-hybridized carbons (Fsp3) is 0.154. The Morgan fingerprint density at radius 3 is 2.82 bits per heavy atom. The van der Waals surface area contributed by atoms with Crippen molar-refractivity contribution in [3.63, 3.8) is 0 Å². The SMILES string of the molecule is Cc1ccc(Cn2cccc(Br)c2=O)c(Cl)c1. The van der Waals surface area contributed by atoms with E-state index >= 15 is 0 Å². The van der Waals surface area contributed by atoms with E-state index in [2.05, 4.69) is 15.9 Å². The van der Waals surface area contributed by atoms with Gasteiger partial charge in [-0.15, -0.1) is 0 Å². The monoisotopic (exact) mass is 311 g/mol. The van der Waals surface area contributed by atoms with E-state index in [0.29, 0.717) is 16.0 Å². The maximum Gasteiger partial charge on any atom is 0.265 e. The van der Waals surface area contributed by atoms with Crippen LogP contribution in [-0.4, -0.2) is 4.57 Å². The van der Waals surface area contributed by atoms with E-state index in [1.807, 2.05) is 31.2 Å². The number of pyridine rings is 1. The highest BCUT2D eigenvalue weighted by molar-refractivity contribution is 9.10. The zero-order valence-electron chi connectivity index (χ0n) is 9.28. The highest BCUT2D eigenvalue weighted by Gasteiger charge is 2.04. The van der Waals surface area contributed by atoms with E-state index in [-0.39, 0.29) is 5.56 Å². The first kappa shape index (κ1) is 12.4. The number of halogens is 2. The lowest BCUT2D eigenvalue weighted by molar-refractivity contribution is 0.755. The number of hydrogen-bond acceptors (Lipinski definition) is 1. The number of aromatic nitrogens is 1. The summed E-state index contributed by atoms with van der Waals surface area (Å²) in [6, 6.07) is 9.40. The summed E-state index contributed by atoms with van der Waals surface area (Å²) >= 11 is 9.37. The van der Waals surface area contributed by atoms with Crippen LogP contribution in [0, 0.1) is 6.92 Å². The second-order valence-electron chi connectivity index (χ2n) is 3.88. The van der Waals surface area contributed by atoms with Gasteiger partial charge >= 0.3 is 0 Å². The summed E-state index contributed by atoms with van der Waals surface area (Å²) in [6.45, 7) is 2.47. The van der Waals surface area contributed by atoms with E-state index in [1.165, 1.54) is 0 Å². The fourth-order valence-corrected chi connectivity index (χ4v) is 2.27. The molecule has 1 aromatic carbocycles. The highest BCUT2D eigenvalue weighted by Crippen LogP contribution is 2.18. The van der Waals surface area contributed by atoms with Gasteiger partial charge in [-0.05, 0) is 52.2 Å². The Balaban J connectivity index is 2.38. The lowest BCUT2D eigenvalue weighted by Crippen LogP contribution is -2.20. The molecule has 0 amide bonds. The molecule has 0 atom stereocenters. The first-order chi connectivity index (χ1) is 8.08. The average Bonchev–Trinajstić information content (AvgIpc) is 2.28. The number of benzene rings is 1. The van der Waals surface area contributed by atoms with E-state index in [1.54, 1.807) is 16.8 Å². The highest BCUT2D eigenvalue weighted by atomic mass is 79.9. The average molecular weight is 313 g/mol. The van der Waals surface area contributed by atoms with Crippen LogP contribution < -0.4 is 5.56 Å². The van der Waals surface area contributed by atoms with Crippen molar-refractivity contribution in [2.75, 3.05) is 0 Å². The summed E-state index contributed by atoms with van der Waals surface area (Å²) in [5, 5.41) is 0.692. The van der Waals surface area contributed by atoms with Crippen molar-refractivity contribution in [1.29, 1.82) is 0 Å². The first-order valence-corrected chi connectivity index (χ1v) is 6.35. The minimum absolute atomic E-state index is 0.0517. The predicted molar refractivity (Wildman–Crippen MR) is 73.7 cm³/mol. The molecule has 0 saturated carbocycles. The molecule has 0 aliphatic carbocycles. The number of nitrogens with zero attached hydrogens (tertiary/aromatic N) is 1. The molecule has 88 valence electrons. The molecule has 2 rings (SSSR count). The molecule has 1 aromatic heterocycles. The maximum atomic E-state index is 11.8. The molecule has 2 nitrogen and oxygen atoms in total. The standard InChI is InChI=1S/C13H11BrClNO/c1-9-4-5-10(12(15)7-9)8-16-6-2-3-11(14)13(16)17/h2-7H,8H2,1H3. The second-order valence-corrected chi connectivity index (χ2v) is 5.15. The number of aryl methyl sites for hydroxylation is 1. The smallest absolute Gasteiger partial charge is 0.265 e. The van der Waals surface area contributed by atoms with Crippen LogP contribution in [-0.2, 0) is 6.54 Å². The van der Waals surface area contributed by atoms with Crippen LogP contribution in [0.4, 0.5) is 0 Å². The molecule has 0 aliphatic rings. The van der Waals surface area contributed by atoms with Gasteiger partial charge in [0.25, 0.3) is 5.56 Å². The Hall–Kier alpha value is -1.06. The Bertz CT molecular complexity index is 607. The van der Waals surface area contributed by atoms with Gasteiger partial charge in [0.15, 0.2) is 0 Å². The van der Waals surface area contributed by atoms with Gasteiger partial charge in [-0.2, -0.15) is 0 Å². The summed E-state index contributed by atoms with van der Waals surface area (Å²) in [7, 11) is 0. The molecule has 0 fully saturated rings. The summed E-state index contributed by atoms with van der Waals surface area (Å²) in [6.07, 6.45) is 1.75. The molecule has 1 heterocycles. The zero-order valence-corrected chi connectivity index (χ0v) is 11.6. The largest absolute Gasteiger partial charge is 0.310 e. The third-order valence-corrected chi connectivity index (χ3v) is 3.48. The van der Waals surface area contributed by atoms with Crippen LogP contribution in [0.5, 0.6) is 0 Å². The van der Waals surface area contributed by atoms with E-state index in [9.17, 15) is 4.79 Å². The Labute approximate surface area is 113 Å². The third-order valence-electron chi connectivity index (χ3n) is 2.52. The van der Waals surface area contributed by atoms with Crippen LogP contribution in [0.3, 0.4) is 0 Å². The van der Waals surface area contributed by atoms with Crippen LogP contribution in [0.2, 0.25) is 5.02 Å². The minimum Gasteiger partial charge on any atom is -0.310 e. The molecule has 0 radical (unpaired) electrons. The van der Waals surface area contributed by atoms with Crippen molar-refractivity contribution < 1.29 is 0 Å². The van der Waals surface area contributed by atoms with Gasteiger partial charge in [-0.25, -0.2) is 0 Å². The number of hydrogen-bond donors (Lipinski definition) is 0. The van der Waals surface area contributed by atoms with E-state index in [4.69, 9.17) is 11.6 Å². The summed E-state index contributed by atoms with van der Waals surface area (Å²) in [5.74, 6) is 0. The van der Waals surface area contributed by atoms with Gasteiger partial charge in [0.05, 0.1) is 11.0 Å².